The fraction of sp³-hybridized carbons (Fsp3) is 0.500. The van der Waals surface area contributed by atoms with Crippen LogP contribution in [0.15, 0.2) is 18.2 Å². The molecule has 1 aromatic rings. The predicted molar refractivity (Wildman–Crippen MR) is 67.2 cm³/mol. The maximum atomic E-state index is 13.6. The molecule has 1 aromatic carbocycles. The summed E-state index contributed by atoms with van der Waals surface area (Å²) < 4.78 is 23.5. The summed E-state index contributed by atoms with van der Waals surface area (Å²) in [4.78, 5) is 11.8. The number of esters is 1. The first-order chi connectivity index (χ1) is 8.63. The first-order valence-corrected chi connectivity index (χ1v) is 6.14. The Morgan fingerprint density at radius 3 is 2.61 bits per heavy atom. The van der Waals surface area contributed by atoms with Crippen molar-refractivity contribution >= 4 is 5.97 Å². The number of benzene rings is 1. The van der Waals surface area contributed by atoms with E-state index in [-0.39, 0.29) is 11.7 Å². The third-order valence-electron chi connectivity index (χ3n) is 2.73. The molecule has 0 aliphatic carbocycles. The van der Waals surface area contributed by atoms with Crippen molar-refractivity contribution in [1.29, 1.82) is 0 Å². The smallest absolute Gasteiger partial charge is 0.313 e. The molecule has 0 saturated heterocycles. The second-order valence-electron chi connectivity index (χ2n) is 3.99. The van der Waals surface area contributed by atoms with Crippen LogP contribution in [-0.2, 0) is 9.53 Å². The molecule has 100 valence electrons. The minimum atomic E-state index is -0.458. The maximum Gasteiger partial charge on any atom is 0.313 e. The fourth-order valence-electron chi connectivity index (χ4n) is 1.85. The molecular formula is C14H19FO3. The van der Waals surface area contributed by atoms with Crippen LogP contribution in [0.4, 0.5) is 4.39 Å². The Hall–Kier alpha value is -1.58. The molecular weight excluding hydrogens is 235 g/mol. The van der Waals surface area contributed by atoms with E-state index >= 15 is 0 Å². The predicted octanol–water partition coefficient (Wildman–Crippen LogP) is 3.28. The van der Waals surface area contributed by atoms with Crippen LogP contribution >= 0.6 is 0 Å². The summed E-state index contributed by atoms with van der Waals surface area (Å²) in [6.45, 7) is 4.07. The average molecular weight is 254 g/mol. The molecule has 0 amide bonds. The highest BCUT2D eigenvalue weighted by Gasteiger charge is 2.22. The molecule has 0 radical (unpaired) electrons. The Bertz CT molecular complexity index is 404. The number of carbonyl (C=O) groups is 1. The van der Waals surface area contributed by atoms with Gasteiger partial charge in [-0.25, -0.2) is 4.39 Å². The number of hydrogen-bond acceptors (Lipinski definition) is 3. The summed E-state index contributed by atoms with van der Waals surface area (Å²) in [5.74, 6) is -0.988. The van der Waals surface area contributed by atoms with Crippen molar-refractivity contribution in [2.45, 2.75) is 32.6 Å². The van der Waals surface area contributed by atoms with E-state index in [9.17, 15) is 9.18 Å². The molecule has 1 unspecified atom stereocenters. The number of carbonyl (C=O) groups excluding carboxylic acids is 1. The van der Waals surface area contributed by atoms with Gasteiger partial charge in [0.1, 0.15) is 0 Å². The summed E-state index contributed by atoms with van der Waals surface area (Å²) in [5, 5.41) is 0. The van der Waals surface area contributed by atoms with Gasteiger partial charge >= 0.3 is 5.97 Å². The largest absolute Gasteiger partial charge is 0.494 e. The van der Waals surface area contributed by atoms with E-state index in [1.807, 2.05) is 6.92 Å². The molecule has 4 heteroatoms. The van der Waals surface area contributed by atoms with Gasteiger partial charge in [0.25, 0.3) is 0 Å². The van der Waals surface area contributed by atoms with Gasteiger partial charge in [0.05, 0.1) is 19.6 Å². The molecule has 0 aromatic heterocycles. The Balaban J connectivity index is 2.98. The van der Waals surface area contributed by atoms with Crippen LogP contribution in [0.5, 0.6) is 5.75 Å². The van der Waals surface area contributed by atoms with Gasteiger partial charge in [-0.3, -0.25) is 4.79 Å². The van der Waals surface area contributed by atoms with Gasteiger partial charge in [0.15, 0.2) is 11.6 Å². The lowest BCUT2D eigenvalue weighted by Crippen LogP contribution is -2.16. The lowest BCUT2D eigenvalue weighted by atomic mass is 9.94. The Labute approximate surface area is 107 Å². The molecule has 18 heavy (non-hydrogen) atoms. The molecule has 1 atom stereocenters. The minimum Gasteiger partial charge on any atom is -0.494 e. The van der Waals surface area contributed by atoms with E-state index in [0.717, 1.165) is 6.42 Å². The molecule has 3 nitrogen and oxygen atoms in total. The third kappa shape index (κ3) is 3.45. The lowest BCUT2D eigenvalue weighted by Gasteiger charge is -2.15. The van der Waals surface area contributed by atoms with Gasteiger partial charge in [0.2, 0.25) is 0 Å². The van der Waals surface area contributed by atoms with Gasteiger partial charge in [-0.15, -0.1) is 0 Å². The number of methoxy groups -OCH3 is 1. The first-order valence-electron chi connectivity index (χ1n) is 6.14. The maximum absolute atomic E-state index is 13.6. The molecule has 0 spiro atoms. The normalized spacial score (nSPS) is 12.0. The molecule has 0 heterocycles. The van der Waals surface area contributed by atoms with Crippen molar-refractivity contribution in [1.82, 2.24) is 0 Å². The highest BCUT2D eigenvalue weighted by atomic mass is 19.1. The van der Waals surface area contributed by atoms with Crippen LogP contribution in [0.1, 0.15) is 38.2 Å². The van der Waals surface area contributed by atoms with Crippen molar-refractivity contribution in [2.75, 3.05) is 13.7 Å². The van der Waals surface area contributed by atoms with E-state index in [1.165, 1.54) is 19.2 Å². The SMILES string of the molecule is CCCC(C(=O)OCC)c1ccc(OC)c(F)c1. The Morgan fingerprint density at radius 1 is 1.39 bits per heavy atom. The number of ether oxygens (including phenoxy) is 2. The summed E-state index contributed by atoms with van der Waals surface area (Å²) in [6, 6.07) is 4.59. The van der Waals surface area contributed by atoms with Gasteiger partial charge in [-0.2, -0.15) is 0 Å². The van der Waals surface area contributed by atoms with Crippen LogP contribution < -0.4 is 4.74 Å². The lowest BCUT2D eigenvalue weighted by molar-refractivity contribution is -0.145. The standard InChI is InChI=1S/C14H19FO3/c1-4-6-11(14(16)18-5-2)10-7-8-13(17-3)12(15)9-10/h7-9,11H,4-6H2,1-3H3. The van der Waals surface area contributed by atoms with E-state index in [0.29, 0.717) is 18.6 Å². The summed E-state index contributed by atoms with van der Waals surface area (Å²) in [7, 11) is 1.41. The minimum absolute atomic E-state index is 0.179. The molecule has 0 aliphatic heterocycles. The van der Waals surface area contributed by atoms with E-state index in [4.69, 9.17) is 9.47 Å². The van der Waals surface area contributed by atoms with E-state index in [2.05, 4.69) is 0 Å². The average Bonchev–Trinajstić information content (AvgIpc) is 2.36. The fourth-order valence-corrected chi connectivity index (χ4v) is 1.85. The second kappa shape index (κ2) is 6.99. The Morgan fingerprint density at radius 2 is 2.11 bits per heavy atom. The van der Waals surface area contributed by atoms with Crippen molar-refractivity contribution in [2.24, 2.45) is 0 Å². The molecule has 1 rings (SSSR count). The van der Waals surface area contributed by atoms with Crippen molar-refractivity contribution in [3.8, 4) is 5.75 Å². The van der Waals surface area contributed by atoms with Crippen LogP contribution in [0.2, 0.25) is 0 Å². The van der Waals surface area contributed by atoms with Crippen LogP contribution in [-0.4, -0.2) is 19.7 Å². The topological polar surface area (TPSA) is 35.5 Å². The van der Waals surface area contributed by atoms with Crippen LogP contribution in [0.25, 0.3) is 0 Å². The molecule has 0 aliphatic rings. The summed E-state index contributed by atoms with van der Waals surface area (Å²) >= 11 is 0. The zero-order valence-corrected chi connectivity index (χ0v) is 11.0. The zero-order chi connectivity index (χ0) is 13.5. The summed E-state index contributed by atoms with van der Waals surface area (Å²) in [5.41, 5.74) is 0.633. The van der Waals surface area contributed by atoms with Crippen LogP contribution in [0, 0.1) is 5.82 Å². The molecule has 0 saturated carbocycles. The monoisotopic (exact) mass is 254 g/mol. The molecule has 0 fully saturated rings. The van der Waals surface area contributed by atoms with E-state index < -0.39 is 11.7 Å². The van der Waals surface area contributed by atoms with Crippen molar-refractivity contribution < 1.29 is 18.7 Å². The van der Waals surface area contributed by atoms with Gasteiger partial charge in [0, 0.05) is 0 Å². The highest BCUT2D eigenvalue weighted by Crippen LogP contribution is 2.27. The quantitative estimate of drug-likeness (QED) is 0.731. The van der Waals surface area contributed by atoms with Crippen LogP contribution in [0.3, 0.4) is 0 Å². The second-order valence-corrected chi connectivity index (χ2v) is 3.99. The number of rotatable bonds is 6. The van der Waals surface area contributed by atoms with Gasteiger partial charge in [-0.1, -0.05) is 19.4 Å². The van der Waals surface area contributed by atoms with Crippen molar-refractivity contribution in [3.05, 3.63) is 29.6 Å². The van der Waals surface area contributed by atoms with E-state index in [1.54, 1.807) is 13.0 Å². The number of hydrogen-bond donors (Lipinski definition) is 0. The molecule has 0 N–H and O–H groups in total. The van der Waals surface area contributed by atoms with Gasteiger partial charge < -0.3 is 9.47 Å². The van der Waals surface area contributed by atoms with Gasteiger partial charge in [-0.05, 0) is 31.0 Å². The molecule has 0 bridgehead atoms. The summed E-state index contributed by atoms with van der Waals surface area (Å²) in [6.07, 6.45) is 1.47. The first kappa shape index (κ1) is 14.5. The van der Waals surface area contributed by atoms with Crippen molar-refractivity contribution in [3.63, 3.8) is 0 Å². The zero-order valence-electron chi connectivity index (χ0n) is 11.0. The Kier molecular flexibility index (Phi) is 5.62. The number of halogens is 1. The third-order valence-corrected chi connectivity index (χ3v) is 2.73. The highest BCUT2D eigenvalue weighted by molar-refractivity contribution is 5.78.